The maximum absolute atomic E-state index is 6.03. The molecule has 1 atom stereocenters. The molecule has 0 spiro atoms. The fourth-order valence-electron chi connectivity index (χ4n) is 3.08. The molecule has 0 amide bonds. The maximum Gasteiger partial charge on any atom is 0.0473 e. The van der Waals surface area contributed by atoms with Crippen molar-refractivity contribution < 1.29 is 0 Å². The van der Waals surface area contributed by atoms with Gasteiger partial charge in [-0.1, -0.05) is 51.0 Å². The summed E-state index contributed by atoms with van der Waals surface area (Å²) in [6, 6.07) is 9.22. The monoisotopic (exact) mass is 246 g/mol. The zero-order valence-corrected chi connectivity index (χ0v) is 11.7. The van der Waals surface area contributed by atoms with Gasteiger partial charge in [0.1, 0.15) is 0 Å². The quantitative estimate of drug-likeness (QED) is 0.865. The van der Waals surface area contributed by atoms with E-state index in [0.717, 1.165) is 19.0 Å². The van der Waals surface area contributed by atoms with Crippen LogP contribution >= 0.6 is 0 Å². The van der Waals surface area contributed by atoms with Crippen molar-refractivity contribution in [1.29, 1.82) is 0 Å². The smallest absolute Gasteiger partial charge is 0.0473 e. The first-order chi connectivity index (χ1) is 8.80. The second-order valence-electron chi connectivity index (χ2n) is 5.38. The highest BCUT2D eigenvalue weighted by Crippen LogP contribution is 2.30. The average Bonchev–Trinajstić information content (AvgIpc) is 2.44. The molecule has 2 N–H and O–H groups in total. The van der Waals surface area contributed by atoms with Crippen molar-refractivity contribution in [2.24, 2.45) is 11.7 Å². The van der Waals surface area contributed by atoms with Crippen molar-refractivity contribution in [2.75, 3.05) is 19.6 Å². The van der Waals surface area contributed by atoms with Crippen LogP contribution in [0.5, 0.6) is 0 Å². The van der Waals surface area contributed by atoms with E-state index in [4.69, 9.17) is 5.73 Å². The Morgan fingerprint density at radius 3 is 2.67 bits per heavy atom. The number of rotatable bonds is 5. The summed E-state index contributed by atoms with van der Waals surface area (Å²) >= 11 is 0. The normalized spacial score (nSPS) is 20.1. The fraction of sp³-hybridized carbons (Fsp3) is 0.625. The molecule has 0 aromatic heterocycles. The van der Waals surface area contributed by atoms with Crippen molar-refractivity contribution in [2.45, 2.75) is 39.2 Å². The van der Waals surface area contributed by atoms with Gasteiger partial charge >= 0.3 is 0 Å². The third-order valence-corrected chi connectivity index (χ3v) is 4.39. The largest absolute Gasteiger partial charge is 0.329 e. The first kappa shape index (κ1) is 13.6. The molecule has 0 saturated carbocycles. The Hall–Kier alpha value is -0.860. The standard InChI is InChI=1S/C16H26N2/c1-3-13(4-2)12-18-10-9-14-7-5-6-8-15(14)16(18)11-17/h5-8,13,16H,3-4,9-12,17H2,1-2H3. The molecule has 0 fully saturated rings. The summed E-state index contributed by atoms with van der Waals surface area (Å²) in [6.45, 7) is 7.68. The van der Waals surface area contributed by atoms with E-state index in [1.165, 1.54) is 36.9 Å². The van der Waals surface area contributed by atoms with E-state index in [-0.39, 0.29) is 0 Å². The second kappa shape index (κ2) is 6.35. The molecule has 2 rings (SSSR count). The zero-order chi connectivity index (χ0) is 13.0. The Morgan fingerprint density at radius 1 is 1.28 bits per heavy atom. The summed E-state index contributed by atoms with van der Waals surface area (Å²) in [4.78, 5) is 2.60. The molecule has 0 bridgehead atoms. The van der Waals surface area contributed by atoms with Gasteiger partial charge in [-0.2, -0.15) is 0 Å². The number of nitrogens with two attached hydrogens (primary N) is 1. The van der Waals surface area contributed by atoms with Crippen LogP contribution in [0.3, 0.4) is 0 Å². The molecule has 1 aromatic rings. The fourth-order valence-corrected chi connectivity index (χ4v) is 3.08. The van der Waals surface area contributed by atoms with Crippen LogP contribution < -0.4 is 5.73 Å². The Labute approximate surface area is 111 Å². The molecule has 2 nitrogen and oxygen atoms in total. The SMILES string of the molecule is CCC(CC)CN1CCc2ccccc2C1CN. The molecular weight excluding hydrogens is 220 g/mol. The minimum Gasteiger partial charge on any atom is -0.329 e. The van der Waals surface area contributed by atoms with Gasteiger partial charge in [0.2, 0.25) is 0 Å². The zero-order valence-electron chi connectivity index (χ0n) is 11.7. The summed E-state index contributed by atoms with van der Waals surface area (Å²) in [7, 11) is 0. The van der Waals surface area contributed by atoms with E-state index in [0.29, 0.717) is 6.04 Å². The molecule has 2 heteroatoms. The van der Waals surface area contributed by atoms with Crippen LogP contribution in [0.2, 0.25) is 0 Å². The van der Waals surface area contributed by atoms with Crippen LogP contribution in [0, 0.1) is 5.92 Å². The predicted octanol–water partition coefficient (Wildman–Crippen LogP) is 2.98. The molecular formula is C16H26N2. The summed E-state index contributed by atoms with van der Waals surface area (Å²) in [5.74, 6) is 0.810. The molecule has 0 aliphatic carbocycles. The van der Waals surface area contributed by atoms with Crippen molar-refractivity contribution in [3.8, 4) is 0 Å². The topological polar surface area (TPSA) is 29.3 Å². The van der Waals surface area contributed by atoms with Crippen molar-refractivity contribution in [1.82, 2.24) is 4.90 Å². The van der Waals surface area contributed by atoms with E-state index in [1.54, 1.807) is 0 Å². The van der Waals surface area contributed by atoms with Crippen LogP contribution in [-0.4, -0.2) is 24.5 Å². The highest BCUT2D eigenvalue weighted by atomic mass is 15.2. The maximum atomic E-state index is 6.03. The predicted molar refractivity (Wildman–Crippen MR) is 77.6 cm³/mol. The first-order valence-corrected chi connectivity index (χ1v) is 7.32. The van der Waals surface area contributed by atoms with Crippen molar-refractivity contribution in [3.05, 3.63) is 35.4 Å². The lowest BCUT2D eigenvalue weighted by Crippen LogP contribution is -2.41. The molecule has 1 aliphatic heterocycles. The number of fused-ring (bicyclic) bond motifs is 1. The van der Waals surface area contributed by atoms with E-state index in [9.17, 15) is 0 Å². The third kappa shape index (κ3) is 2.76. The highest BCUT2D eigenvalue weighted by Gasteiger charge is 2.26. The molecule has 100 valence electrons. The van der Waals surface area contributed by atoms with Gasteiger partial charge in [-0.05, 0) is 23.5 Å². The summed E-state index contributed by atoms with van der Waals surface area (Å²) in [6.07, 6.45) is 3.71. The Balaban J connectivity index is 2.15. The minimum absolute atomic E-state index is 0.426. The molecule has 0 saturated heterocycles. The second-order valence-corrected chi connectivity index (χ2v) is 5.38. The molecule has 1 heterocycles. The van der Waals surface area contributed by atoms with E-state index >= 15 is 0 Å². The lowest BCUT2D eigenvalue weighted by Gasteiger charge is -2.38. The highest BCUT2D eigenvalue weighted by molar-refractivity contribution is 5.32. The van der Waals surface area contributed by atoms with Crippen molar-refractivity contribution >= 4 is 0 Å². The van der Waals surface area contributed by atoms with Gasteiger partial charge < -0.3 is 5.73 Å². The van der Waals surface area contributed by atoms with E-state index in [1.807, 2.05) is 0 Å². The lowest BCUT2D eigenvalue weighted by atomic mass is 9.91. The number of hydrogen-bond donors (Lipinski definition) is 1. The summed E-state index contributed by atoms with van der Waals surface area (Å²) in [5.41, 5.74) is 8.98. The lowest BCUT2D eigenvalue weighted by molar-refractivity contribution is 0.156. The number of hydrogen-bond acceptors (Lipinski definition) is 2. The summed E-state index contributed by atoms with van der Waals surface area (Å²) < 4.78 is 0. The van der Waals surface area contributed by atoms with Gasteiger partial charge in [-0.3, -0.25) is 4.90 Å². The summed E-state index contributed by atoms with van der Waals surface area (Å²) in [5, 5.41) is 0. The molecule has 1 aliphatic rings. The number of benzene rings is 1. The van der Waals surface area contributed by atoms with Gasteiger partial charge in [0.25, 0.3) is 0 Å². The van der Waals surface area contributed by atoms with Crippen LogP contribution in [-0.2, 0) is 6.42 Å². The molecule has 18 heavy (non-hydrogen) atoms. The minimum atomic E-state index is 0.426. The molecule has 1 unspecified atom stereocenters. The third-order valence-electron chi connectivity index (χ3n) is 4.39. The Kier molecular flexibility index (Phi) is 4.79. The van der Waals surface area contributed by atoms with Gasteiger partial charge in [-0.15, -0.1) is 0 Å². The van der Waals surface area contributed by atoms with Gasteiger partial charge in [0, 0.05) is 25.7 Å². The number of nitrogens with zero attached hydrogens (tertiary/aromatic N) is 1. The Bertz CT molecular complexity index is 371. The first-order valence-electron chi connectivity index (χ1n) is 7.32. The van der Waals surface area contributed by atoms with Gasteiger partial charge in [0.05, 0.1) is 0 Å². The van der Waals surface area contributed by atoms with Crippen LogP contribution in [0.4, 0.5) is 0 Å². The molecule has 0 radical (unpaired) electrons. The van der Waals surface area contributed by atoms with Gasteiger partial charge in [-0.25, -0.2) is 0 Å². The van der Waals surface area contributed by atoms with Crippen LogP contribution in [0.15, 0.2) is 24.3 Å². The van der Waals surface area contributed by atoms with E-state index < -0.39 is 0 Å². The van der Waals surface area contributed by atoms with Crippen molar-refractivity contribution in [3.63, 3.8) is 0 Å². The Morgan fingerprint density at radius 2 is 2.00 bits per heavy atom. The average molecular weight is 246 g/mol. The van der Waals surface area contributed by atoms with Gasteiger partial charge in [0.15, 0.2) is 0 Å². The van der Waals surface area contributed by atoms with E-state index in [2.05, 4.69) is 43.0 Å². The molecule has 1 aromatic carbocycles. The van der Waals surface area contributed by atoms with Crippen LogP contribution in [0.1, 0.15) is 43.9 Å². The van der Waals surface area contributed by atoms with Crippen LogP contribution in [0.25, 0.3) is 0 Å².